The molecule has 0 unspecified atom stereocenters. The highest BCUT2D eigenvalue weighted by molar-refractivity contribution is 7.85. The van der Waals surface area contributed by atoms with E-state index in [9.17, 15) is 8.42 Å². The van der Waals surface area contributed by atoms with Crippen molar-refractivity contribution < 1.29 is 17.5 Å². The Morgan fingerprint density at radius 2 is 2.05 bits per heavy atom. The summed E-state index contributed by atoms with van der Waals surface area (Å²) in [5.74, 6) is -0.199. The van der Waals surface area contributed by atoms with Gasteiger partial charge >= 0.3 is 0 Å². The summed E-state index contributed by atoms with van der Waals surface area (Å²) in [6.45, 7) is 0.697. The van der Waals surface area contributed by atoms with Crippen LogP contribution in [0.3, 0.4) is 0 Å². The molecule has 2 aromatic rings. The predicted molar refractivity (Wildman–Crippen MR) is 80.2 cm³/mol. The Kier molecular flexibility index (Phi) is 4.85. The first-order valence-corrected chi connectivity index (χ1v) is 8.78. The summed E-state index contributed by atoms with van der Waals surface area (Å²) in [6, 6.07) is 8.03. The van der Waals surface area contributed by atoms with Gasteiger partial charge in [0, 0.05) is 18.7 Å². The molecule has 1 heterocycles. The molecule has 0 aliphatic heterocycles. The van der Waals surface area contributed by atoms with E-state index in [-0.39, 0.29) is 5.75 Å². The molecule has 2 rings (SSSR count). The van der Waals surface area contributed by atoms with Gasteiger partial charge in [0.05, 0.1) is 12.2 Å². The zero-order valence-corrected chi connectivity index (χ0v) is 12.6. The van der Waals surface area contributed by atoms with Crippen molar-refractivity contribution in [3.05, 3.63) is 29.3 Å². The van der Waals surface area contributed by atoms with Crippen LogP contribution in [0.15, 0.2) is 24.3 Å². The fourth-order valence-corrected chi connectivity index (χ4v) is 3.84. The molecule has 0 saturated heterocycles. The number of para-hydroxylation sites is 1. The molecule has 5 nitrogen and oxygen atoms in total. The average molecular weight is 313 g/mol. The number of hydrogen-bond donors (Lipinski definition) is 2. The number of nitrogens with zero attached hydrogens (tertiary/aromatic N) is 1. The molecule has 0 aliphatic carbocycles. The van der Waals surface area contributed by atoms with E-state index < -0.39 is 10.1 Å². The number of aromatic nitrogens is 1. The van der Waals surface area contributed by atoms with Crippen molar-refractivity contribution in [2.75, 3.05) is 5.75 Å². The van der Waals surface area contributed by atoms with Gasteiger partial charge in [-0.05, 0) is 12.5 Å². The van der Waals surface area contributed by atoms with Crippen LogP contribution in [-0.2, 0) is 23.1 Å². The monoisotopic (exact) mass is 313 g/mol. The van der Waals surface area contributed by atoms with E-state index in [0.717, 1.165) is 10.5 Å². The second-order valence-electron chi connectivity index (χ2n) is 4.52. The van der Waals surface area contributed by atoms with Crippen LogP contribution < -0.4 is 4.57 Å². The largest absolute Gasteiger partial charge is 0.312 e. The molecule has 20 heavy (non-hydrogen) atoms. The number of aryl methyl sites for hydroxylation is 1. The molecule has 0 saturated carbocycles. The molecule has 2 N–H and O–H groups in total. The summed E-state index contributed by atoms with van der Waals surface area (Å²) in [4.78, 5) is 0. The van der Waals surface area contributed by atoms with Crippen LogP contribution in [0, 0.1) is 5.41 Å². The third-order valence-electron chi connectivity index (χ3n) is 3.00. The summed E-state index contributed by atoms with van der Waals surface area (Å²) in [5.41, 5.74) is 1.11. The van der Waals surface area contributed by atoms with Crippen LogP contribution in [-0.4, -0.2) is 24.9 Å². The normalized spacial score (nSPS) is 11.8. The van der Waals surface area contributed by atoms with Gasteiger partial charge in [-0.1, -0.05) is 23.5 Å². The Morgan fingerprint density at radius 1 is 1.30 bits per heavy atom. The highest BCUT2D eigenvalue weighted by Crippen LogP contribution is 2.20. The fourth-order valence-electron chi connectivity index (χ4n) is 2.12. The first-order valence-electron chi connectivity index (χ1n) is 6.35. The van der Waals surface area contributed by atoms with E-state index in [1.807, 2.05) is 24.3 Å². The molecule has 0 radical (unpaired) electrons. The fraction of sp³-hybridized carbons (Fsp3) is 0.385. The van der Waals surface area contributed by atoms with Crippen molar-refractivity contribution in [2.24, 2.45) is 0 Å². The smallest absolute Gasteiger partial charge is 0.264 e. The minimum atomic E-state index is -3.87. The molecular formula is C13H17N2O3S2+. The Labute approximate surface area is 122 Å². The molecule has 0 spiro atoms. The molecular weight excluding hydrogens is 296 g/mol. The number of fused-ring (bicyclic) bond motifs is 1. The van der Waals surface area contributed by atoms with E-state index in [4.69, 9.17) is 9.96 Å². The van der Waals surface area contributed by atoms with Crippen molar-refractivity contribution in [1.29, 1.82) is 5.41 Å². The van der Waals surface area contributed by atoms with Gasteiger partial charge in [-0.2, -0.15) is 13.0 Å². The zero-order valence-electron chi connectivity index (χ0n) is 10.9. The standard InChI is InChI=1S/C13H16N2O3S2/c14-8-7-13-15(9-3-4-10-20(16,17)18)11-5-1-2-6-12(11)19-13/h1-2,5-6,8,14H,3-4,7,9-10H2/p+1. The Bertz CT molecular complexity index is 707. The lowest BCUT2D eigenvalue weighted by atomic mass is 10.3. The highest BCUT2D eigenvalue weighted by atomic mass is 32.2. The van der Waals surface area contributed by atoms with Crippen molar-refractivity contribution in [3.63, 3.8) is 0 Å². The predicted octanol–water partition coefficient (Wildman–Crippen LogP) is 2.05. The maximum atomic E-state index is 10.7. The topological polar surface area (TPSA) is 82.1 Å². The summed E-state index contributed by atoms with van der Waals surface area (Å²) >= 11 is 1.66. The van der Waals surface area contributed by atoms with Gasteiger partial charge < -0.3 is 5.41 Å². The summed E-state index contributed by atoms with van der Waals surface area (Å²) in [6.07, 6.45) is 3.06. The lowest BCUT2D eigenvalue weighted by molar-refractivity contribution is -0.674. The highest BCUT2D eigenvalue weighted by Gasteiger charge is 2.19. The van der Waals surface area contributed by atoms with E-state index in [1.54, 1.807) is 11.3 Å². The number of rotatable bonds is 7. The molecule has 108 valence electrons. The lowest BCUT2D eigenvalue weighted by Crippen LogP contribution is -2.36. The maximum Gasteiger partial charge on any atom is 0.264 e. The van der Waals surface area contributed by atoms with Crippen molar-refractivity contribution in [3.8, 4) is 0 Å². The Hall–Kier alpha value is -1.31. The first kappa shape index (κ1) is 15.1. The lowest BCUT2D eigenvalue weighted by Gasteiger charge is -1.98. The van der Waals surface area contributed by atoms with Crippen LogP contribution in [0.1, 0.15) is 17.8 Å². The Morgan fingerprint density at radius 3 is 2.75 bits per heavy atom. The van der Waals surface area contributed by atoms with Gasteiger partial charge in [0.1, 0.15) is 11.2 Å². The molecule has 0 amide bonds. The number of benzene rings is 1. The summed E-state index contributed by atoms with van der Waals surface area (Å²) < 4.78 is 33.4. The minimum Gasteiger partial charge on any atom is -0.312 e. The second-order valence-corrected chi connectivity index (χ2v) is 7.20. The number of nitrogens with one attached hydrogen (secondary N) is 1. The molecule has 1 aromatic carbocycles. The molecule has 7 heteroatoms. The van der Waals surface area contributed by atoms with E-state index in [1.165, 1.54) is 10.9 Å². The molecule has 0 aliphatic rings. The SMILES string of the molecule is N=CCc1sc2ccccc2[n+]1CCCCS(=O)(=O)O. The van der Waals surface area contributed by atoms with Gasteiger partial charge in [-0.25, -0.2) is 0 Å². The molecule has 0 atom stereocenters. The first-order chi connectivity index (χ1) is 9.51. The number of hydrogen-bond acceptors (Lipinski definition) is 4. The maximum absolute atomic E-state index is 10.7. The van der Waals surface area contributed by atoms with Crippen molar-refractivity contribution in [2.45, 2.75) is 25.8 Å². The van der Waals surface area contributed by atoms with Gasteiger partial charge in [0.2, 0.25) is 10.5 Å². The molecule has 1 aromatic heterocycles. The van der Waals surface area contributed by atoms with E-state index in [2.05, 4.69) is 4.57 Å². The zero-order chi connectivity index (χ0) is 14.6. The van der Waals surface area contributed by atoms with Gasteiger partial charge in [0.25, 0.3) is 10.1 Å². The van der Waals surface area contributed by atoms with Crippen molar-refractivity contribution in [1.82, 2.24) is 0 Å². The van der Waals surface area contributed by atoms with Crippen molar-refractivity contribution >= 4 is 37.9 Å². The van der Waals surface area contributed by atoms with Gasteiger partial charge in [0.15, 0.2) is 0 Å². The summed E-state index contributed by atoms with van der Waals surface area (Å²) in [7, 11) is -3.87. The van der Waals surface area contributed by atoms with Crippen LogP contribution in [0.25, 0.3) is 10.2 Å². The third kappa shape index (κ3) is 3.84. The second kappa shape index (κ2) is 6.43. The third-order valence-corrected chi connectivity index (χ3v) is 4.99. The number of thiazole rings is 1. The number of unbranched alkanes of at least 4 members (excludes halogenated alkanes) is 1. The molecule has 0 fully saturated rings. The summed E-state index contributed by atoms with van der Waals surface area (Å²) in [5, 5.41) is 8.35. The van der Waals surface area contributed by atoms with Crippen LogP contribution in [0.4, 0.5) is 0 Å². The average Bonchev–Trinajstić information content (AvgIpc) is 2.72. The van der Waals surface area contributed by atoms with Crippen LogP contribution in [0.2, 0.25) is 0 Å². The van der Waals surface area contributed by atoms with E-state index >= 15 is 0 Å². The minimum absolute atomic E-state index is 0.199. The Balaban J connectivity index is 2.14. The molecule has 0 bridgehead atoms. The van der Waals surface area contributed by atoms with Gasteiger partial charge in [-0.15, -0.1) is 0 Å². The quantitative estimate of drug-likeness (QED) is 0.355. The van der Waals surface area contributed by atoms with Gasteiger partial charge in [-0.3, -0.25) is 4.55 Å². The van der Waals surface area contributed by atoms with Crippen LogP contribution >= 0.6 is 11.3 Å². The van der Waals surface area contributed by atoms with E-state index in [0.29, 0.717) is 25.8 Å². The van der Waals surface area contributed by atoms with Crippen LogP contribution in [0.5, 0.6) is 0 Å².